The molecule has 8 heteroatoms. The third-order valence-corrected chi connectivity index (χ3v) is 6.15. The van der Waals surface area contributed by atoms with Gasteiger partial charge in [0, 0.05) is 37.1 Å². The number of carbonyl (C=O) groups is 1. The number of aromatic hydroxyl groups is 1. The number of ketones is 1. The number of aromatic nitrogens is 3. The number of pyridine rings is 1. The molecule has 4 aromatic rings. The zero-order valence-corrected chi connectivity index (χ0v) is 21.3. The molecule has 0 bridgehead atoms. The summed E-state index contributed by atoms with van der Waals surface area (Å²) in [6.45, 7) is 4.38. The highest BCUT2D eigenvalue weighted by molar-refractivity contribution is 6.09. The fourth-order valence-electron chi connectivity index (χ4n) is 4.21. The molecule has 0 unspecified atom stereocenters. The molecule has 2 heterocycles. The lowest BCUT2D eigenvalue weighted by Crippen LogP contribution is -2.27. The summed E-state index contributed by atoms with van der Waals surface area (Å²) in [6.07, 6.45) is 5.23. The molecule has 38 heavy (non-hydrogen) atoms. The molecule has 0 amide bonds. The van der Waals surface area contributed by atoms with Crippen LogP contribution in [0.15, 0.2) is 77.7 Å². The van der Waals surface area contributed by atoms with Gasteiger partial charge in [0.05, 0.1) is 16.9 Å². The number of ether oxygens (including phenoxy) is 1. The maximum absolute atomic E-state index is 13.4. The van der Waals surface area contributed by atoms with Gasteiger partial charge in [0.25, 0.3) is 5.56 Å². The number of rotatable bonds is 10. The van der Waals surface area contributed by atoms with Crippen molar-refractivity contribution >= 4 is 11.9 Å². The van der Waals surface area contributed by atoms with Gasteiger partial charge in [-0.2, -0.15) is 10.4 Å². The van der Waals surface area contributed by atoms with Crippen LogP contribution < -0.4 is 5.56 Å². The second kappa shape index (κ2) is 12.0. The smallest absolute Gasteiger partial charge is 0.271 e. The molecule has 192 valence electrons. The Morgan fingerprint density at radius 3 is 2.47 bits per heavy atom. The maximum Gasteiger partial charge on any atom is 0.271 e. The summed E-state index contributed by atoms with van der Waals surface area (Å²) in [5.41, 5.74) is 2.38. The van der Waals surface area contributed by atoms with Crippen molar-refractivity contribution in [3.63, 3.8) is 0 Å². The monoisotopic (exact) mass is 508 g/mol. The molecule has 0 atom stereocenters. The molecule has 0 aliphatic rings. The minimum absolute atomic E-state index is 0.0782. The molecule has 1 N–H and O–H groups in total. The van der Waals surface area contributed by atoms with E-state index in [0.717, 1.165) is 15.8 Å². The Bertz CT molecular complexity index is 1560. The molecule has 4 rings (SSSR count). The number of allylic oxidation sites excluding steroid dienone is 1. The van der Waals surface area contributed by atoms with Crippen LogP contribution in [0.5, 0.6) is 5.88 Å². The van der Waals surface area contributed by atoms with E-state index in [9.17, 15) is 20.0 Å². The first-order chi connectivity index (χ1) is 18.5. The van der Waals surface area contributed by atoms with Crippen LogP contribution in [0.3, 0.4) is 0 Å². The number of hydrogen-bond donors (Lipinski definition) is 1. The Kier molecular flexibility index (Phi) is 8.31. The quantitative estimate of drug-likeness (QED) is 0.185. The average molecular weight is 509 g/mol. The summed E-state index contributed by atoms with van der Waals surface area (Å²) >= 11 is 0. The molecule has 2 aromatic carbocycles. The SMILES string of the molecule is CCOCCCn1c(O)c(C(=O)/C=C/c2cn(-c3ccccc3)nc2-c2ccccc2)c(C)c(C#N)c1=O. The van der Waals surface area contributed by atoms with Gasteiger partial charge < -0.3 is 9.84 Å². The molecule has 8 nitrogen and oxygen atoms in total. The highest BCUT2D eigenvalue weighted by Crippen LogP contribution is 2.27. The lowest BCUT2D eigenvalue weighted by atomic mass is 10.0. The molecule has 2 aromatic heterocycles. The highest BCUT2D eigenvalue weighted by atomic mass is 16.5. The van der Waals surface area contributed by atoms with Crippen LogP contribution in [0.4, 0.5) is 0 Å². The zero-order chi connectivity index (χ0) is 27.1. The van der Waals surface area contributed by atoms with Crippen LogP contribution in [0.1, 0.15) is 40.4 Å². The van der Waals surface area contributed by atoms with Gasteiger partial charge in [-0.15, -0.1) is 0 Å². The number of benzene rings is 2. The maximum atomic E-state index is 13.4. The number of para-hydroxylation sites is 1. The van der Waals surface area contributed by atoms with E-state index < -0.39 is 17.2 Å². The summed E-state index contributed by atoms with van der Waals surface area (Å²) in [4.78, 5) is 26.2. The minimum Gasteiger partial charge on any atom is -0.494 e. The Labute approximate surface area is 220 Å². The van der Waals surface area contributed by atoms with Crippen LogP contribution in [0.2, 0.25) is 0 Å². The van der Waals surface area contributed by atoms with E-state index in [4.69, 9.17) is 9.84 Å². The number of hydrogen-bond acceptors (Lipinski definition) is 6. The molecular formula is C30H28N4O4. The molecular weight excluding hydrogens is 480 g/mol. The number of nitriles is 1. The van der Waals surface area contributed by atoms with Crippen LogP contribution in [0, 0.1) is 18.3 Å². The highest BCUT2D eigenvalue weighted by Gasteiger charge is 2.23. The van der Waals surface area contributed by atoms with Crippen LogP contribution >= 0.6 is 0 Å². The summed E-state index contributed by atoms with van der Waals surface area (Å²) < 4.78 is 8.12. The first-order valence-corrected chi connectivity index (χ1v) is 12.3. The van der Waals surface area contributed by atoms with Gasteiger partial charge in [-0.25, -0.2) is 4.68 Å². The van der Waals surface area contributed by atoms with Gasteiger partial charge in [-0.1, -0.05) is 48.5 Å². The molecule has 0 fully saturated rings. The largest absolute Gasteiger partial charge is 0.494 e. The molecule has 0 saturated carbocycles. The van der Waals surface area contributed by atoms with Gasteiger partial charge in [0.1, 0.15) is 11.6 Å². The fourth-order valence-corrected chi connectivity index (χ4v) is 4.21. The number of carbonyl (C=O) groups excluding carboxylic acids is 1. The number of nitrogens with zero attached hydrogens (tertiary/aromatic N) is 4. The first kappa shape index (κ1) is 26.3. The van der Waals surface area contributed by atoms with Gasteiger partial charge in [-0.3, -0.25) is 14.2 Å². The molecule has 0 aliphatic heterocycles. The van der Waals surface area contributed by atoms with E-state index in [0.29, 0.717) is 30.9 Å². The Hall–Kier alpha value is -4.74. The van der Waals surface area contributed by atoms with Crippen LogP contribution in [-0.2, 0) is 11.3 Å². The minimum atomic E-state index is -0.630. The van der Waals surface area contributed by atoms with E-state index >= 15 is 0 Å². The summed E-state index contributed by atoms with van der Waals surface area (Å²) in [5, 5.41) is 25.3. The Morgan fingerprint density at radius 1 is 1.13 bits per heavy atom. The lowest BCUT2D eigenvalue weighted by molar-refractivity contribution is 0.104. The third-order valence-electron chi connectivity index (χ3n) is 6.15. The van der Waals surface area contributed by atoms with Crippen molar-refractivity contribution in [3.8, 4) is 28.9 Å². The van der Waals surface area contributed by atoms with E-state index in [-0.39, 0.29) is 23.2 Å². The topological polar surface area (TPSA) is 110 Å². The summed E-state index contributed by atoms with van der Waals surface area (Å²) in [6, 6.07) is 21.1. The second-order valence-electron chi connectivity index (χ2n) is 8.59. The molecule has 0 spiro atoms. The molecule has 0 radical (unpaired) electrons. The van der Waals surface area contributed by atoms with Gasteiger partial charge in [0.15, 0.2) is 5.78 Å². The molecule has 0 aliphatic carbocycles. The van der Waals surface area contributed by atoms with E-state index in [1.165, 1.54) is 13.0 Å². The summed E-state index contributed by atoms with van der Waals surface area (Å²) in [7, 11) is 0. The van der Waals surface area contributed by atoms with Crippen molar-refractivity contribution in [1.82, 2.24) is 14.3 Å². The van der Waals surface area contributed by atoms with E-state index in [1.807, 2.05) is 79.9 Å². The first-order valence-electron chi connectivity index (χ1n) is 12.3. The van der Waals surface area contributed by atoms with Gasteiger partial charge in [0.2, 0.25) is 5.88 Å². The lowest BCUT2D eigenvalue weighted by Gasteiger charge is -2.14. The fraction of sp³-hybridized carbons (Fsp3) is 0.200. The van der Waals surface area contributed by atoms with E-state index in [2.05, 4.69) is 0 Å². The van der Waals surface area contributed by atoms with Crippen molar-refractivity contribution in [3.05, 3.63) is 106 Å². The van der Waals surface area contributed by atoms with Crippen molar-refractivity contribution in [1.29, 1.82) is 5.26 Å². The average Bonchev–Trinajstić information content (AvgIpc) is 3.37. The third kappa shape index (κ3) is 5.48. The van der Waals surface area contributed by atoms with Crippen molar-refractivity contribution in [2.75, 3.05) is 13.2 Å². The van der Waals surface area contributed by atoms with E-state index in [1.54, 1.807) is 10.8 Å². The van der Waals surface area contributed by atoms with Crippen molar-refractivity contribution < 1.29 is 14.6 Å². The predicted molar refractivity (Wildman–Crippen MR) is 145 cm³/mol. The predicted octanol–water partition coefficient (Wildman–Crippen LogP) is 4.91. The second-order valence-corrected chi connectivity index (χ2v) is 8.59. The molecule has 0 saturated heterocycles. The van der Waals surface area contributed by atoms with Gasteiger partial charge >= 0.3 is 0 Å². The van der Waals surface area contributed by atoms with Gasteiger partial charge in [-0.05, 0) is 50.1 Å². The normalized spacial score (nSPS) is 11.1. The zero-order valence-electron chi connectivity index (χ0n) is 21.3. The van der Waals surface area contributed by atoms with Crippen molar-refractivity contribution in [2.45, 2.75) is 26.8 Å². The van der Waals surface area contributed by atoms with Crippen molar-refractivity contribution in [2.24, 2.45) is 0 Å². The standard InChI is InChI=1S/C30H28N4O4/c1-3-38-18-10-17-33-29(36)25(19-31)21(2)27(30(33)37)26(35)16-15-23-20-34(24-13-8-5-9-14-24)32-28(23)22-11-6-4-7-12-22/h4-9,11-16,20,37H,3,10,17-18H2,1-2H3/b16-15+. The van der Waals surface area contributed by atoms with Crippen LogP contribution in [-0.4, -0.2) is 38.5 Å². The summed E-state index contributed by atoms with van der Waals surface area (Å²) in [5.74, 6) is -0.984. The Morgan fingerprint density at radius 2 is 1.82 bits per heavy atom. The van der Waals surface area contributed by atoms with Crippen LogP contribution in [0.25, 0.3) is 23.0 Å². The Balaban J connectivity index is 1.74.